The number of hydrogen-bond acceptors (Lipinski definition) is 4. The summed E-state index contributed by atoms with van der Waals surface area (Å²) >= 11 is 0. The summed E-state index contributed by atoms with van der Waals surface area (Å²) in [4.78, 5) is 11.8. The van der Waals surface area contributed by atoms with Crippen molar-refractivity contribution in [1.29, 1.82) is 0 Å². The zero-order chi connectivity index (χ0) is 24.9. The van der Waals surface area contributed by atoms with Crippen LogP contribution in [0.1, 0.15) is 57.2 Å². The van der Waals surface area contributed by atoms with Crippen molar-refractivity contribution in [2.75, 3.05) is 19.6 Å². The molecule has 4 N–H and O–H groups in total. The van der Waals surface area contributed by atoms with E-state index in [9.17, 15) is 18.7 Å². The molecule has 1 amide bonds. The minimum Gasteiger partial charge on any atom is -0.390 e. The predicted octanol–water partition coefficient (Wildman–Crippen LogP) is 3.54. The Morgan fingerprint density at radius 3 is 2.35 bits per heavy atom. The first-order valence-electron chi connectivity index (χ1n) is 12.0. The minimum atomic E-state index is -0.951. The molecular formula is C27H37F2N3O2. The van der Waals surface area contributed by atoms with Gasteiger partial charge >= 0.3 is 0 Å². The summed E-state index contributed by atoms with van der Waals surface area (Å²) < 4.78 is 27.4. The van der Waals surface area contributed by atoms with Gasteiger partial charge in [-0.15, -0.1) is 0 Å². The van der Waals surface area contributed by atoms with Crippen molar-refractivity contribution in [3.63, 3.8) is 0 Å². The van der Waals surface area contributed by atoms with Gasteiger partial charge in [-0.3, -0.25) is 4.79 Å². The van der Waals surface area contributed by atoms with E-state index in [1.807, 2.05) is 0 Å². The largest absolute Gasteiger partial charge is 0.390 e. The van der Waals surface area contributed by atoms with Crippen molar-refractivity contribution in [3.05, 3.63) is 70.8 Å². The second-order valence-corrected chi connectivity index (χ2v) is 10.4. The van der Waals surface area contributed by atoms with E-state index in [4.69, 9.17) is 0 Å². The third-order valence-electron chi connectivity index (χ3n) is 6.62. The molecule has 2 aromatic rings. The first kappa shape index (κ1) is 26.3. The molecule has 3 rings (SSSR count). The number of amides is 1. The van der Waals surface area contributed by atoms with Gasteiger partial charge in [0.05, 0.1) is 12.1 Å². The minimum absolute atomic E-state index is 0.0143. The second kappa shape index (κ2) is 10.9. The number of benzene rings is 2. The van der Waals surface area contributed by atoms with Crippen LogP contribution in [-0.2, 0) is 22.2 Å². The van der Waals surface area contributed by atoms with Crippen molar-refractivity contribution in [2.24, 2.45) is 0 Å². The summed E-state index contributed by atoms with van der Waals surface area (Å²) in [6, 6.07) is 11.2. The molecule has 2 unspecified atom stereocenters. The van der Waals surface area contributed by atoms with Crippen molar-refractivity contribution in [3.8, 4) is 0 Å². The van der Waals surface area contributed by atoms with Crippen molar-refractivity contribution >= 4 is 5.91 Å². The highest BCUT2D eigenvalue weighted by molar-refractivity contribution is 5.73. The summed E-state index contributed by atoms with van der Waals surface area (Å²) in [6.45, 7) is 9.85. The van der Waals surface area contributed by atoms with E-state index in [0.717, 1.165) is 32.0 Å². The smallest absolute Gasteiger partial charge is 0.217 e. The Hall–Kier alpha value is -2.35. The number of aliphatic hydroxyl groups is 1. The molecule has 7 heteroatoms. The van der Waals surface area contributed by atoms with E-state index in [-0.39, 0.29) is 29.8 Å². The zero-order valence-corrected chi connectivity index (χ0v) is 20.6. The number of aliphatic hydroxyl groups excluding tert-OH is 1. The fourth-order valence-corrected chi connectivity index (χ4v) is 4.67. The number of hydrogen-bond donors (Lipinski definition) is 4. The zero-order valence-electron chi connectivity index (χ0n) is 20.6. The van der Waals surface area contributed by atoms with Gasteiger partial charge in [0, 0.05) is 25.1 Å². The van der Waals surface area contributed by atoms with Crippen LogP contribution < -0.4 is 16.0 Å². The monoisotopic (exact) mass is 473 g/mol. The van der Waals surface area contributed by atoms with Crippen LogP contribution in [0, 0.1) is 11.6 Å². The Bertz CT molecular complexity index is 964. The molecule has 2 atom stereocenters. The molecule has 0 aliphatic carbocycles. The van der Waals surface area contributed by atoms with Gasteiger partial charge in [-0.05, 0) is 66.6 Å². The van der Waals surface area contributed by atoms with Gasteiger partial charge in [0.25, 0.3) is 0 Å². The first-order valence-corrected chi connectivity index (χ1v) is 12.0. The molecule has 0 aromatic heterocycles. The lowest BCUT2D eigenvalue weighted by Gasteiger charge is -2.41. The van der Waals surface area contributed by atoms with E-state index < -0.39 is 23.8 Å². The van der Waals surface area contributed by atoms with Crippen LogP contribution in [0.3, 0.4) is 0 Å². The molecule has 5 nitrogen and oxygen atoms in total. The lowest BCUT2D eigenvalue weighted by atomic mass is 9.78. The number of carbonyl (C=O) groups excluding carboxylic acids is 1. The Balaban J connectivity index is 1.80. The average Bonchev–Trinajstić information content (AvgIpc) is 2.76. The lowest BCUT2D eigenvalue weighted by Crippen LogP contribution is -2.55. The topological polar surface area (TPSA) is 73.4 Å². The van der Waals surface area contributed by atoms with Gasteiger partial charge in [0.2, 0.25) is 5.91 Å². The summed E-state index contributed by atoms with van der Waals surface area (Å²) in [5.74, 6) is -1.68. The van der Waals surface area contributed by atoms with Gasteiger partial charge in [-0.25, -0.2) is 8.78 Å². The van der Waals surface area contributed by atoms with Gasteiger partial charge in [0.15, 0.2) is 0 Å². The predicted molar refractivity (Wildman–Crippen MR) is 131 cm³/mol. The molecule has 1 saturated heterocycles. The second-order valence-electron chi connectivity index (χ2n) is 10.4. The first-order chi connectivity index (χ1) is 16.0. The molecule has 2 aromatic carbocycles. The molecule has 0 bridgehead atoms. The highest BCUT2D eigenvalue weighted by atomic mass is 19.1. The van der Waals surface area contributed by atoms with E-state index in [1.165, 1.54) is 30.2 Å². The highest BCUT2D eigenvalue weighted by Crippen LogP contribution is 2.33. The van der Waals surface area contributed by atoms with Crippen LogP contribution in [0.15, 0.2) is 42.5 Å². The van der Waals surface area contributed by atoms with Crippen LogP contribution in [-0.4, -0.2) is 42.8 Å². The van der Waals surface area contributed by atoms with Crippen molar-refractivity contribution in [2.45, 2.75) is 70.1 Å². The van der Waals surface area contributed by atoms with Crippen LogP contribution in [0.2, 0.25) is 0 Å². The third-order valence-corrected chi connectivity index (χ3v) is 6.62. The Morgan fingerprint density at radius 2 is 1.76 bits per heavy atom. The number of carbonyl (C=O) groups is 1. The van der Waals surface area contributed by atoms with Gasteiger partial charge < -0.3 is 21.1 Å². The van der Waals surface area contributed by atoms with Crippen LogP contribution >= 0.6 is 0 Å². The number of halogens is 2. The molecule has 1 heterocycles. The quantitative estimate of drug-likeness (QED) is 0.473. The van der Waals surface area contributed by atoms with E-state index >= 15 is 0 Å². The van der Waals surface area contributed by atoms with E-state index in [2.05, 4.69) is 61.0 Å². The Morgan fingerprint density at radius 1 is 1.12 bits per heavy atom. The molecule has 1 aliphatic heterocycles. The molecule has 0 spiro atoms. The standard InChI is InChI=1S/C27H37F2N3O2/c1-18(33)32-24(14-19-12-22(28)16-23(29)13-19)25(34)17-31-27(8-10-30-11-9-27)21-7-5-6-20(15-21)26(2,3)4/h5-7,12-13,15-16,24-25,30-31,34H,8-11,14,17H2,1-4H3,(H,32,33). The summed E-state index contributed by atoms with van der Waals surface area (Å²) in [5, 5.41) is 20.8. The normalized spacial score (nSPS) is 17.7. The van der Waals surface area contributed by atoms with Gasteiger partial charge in [0.1, 0.15) is 11.6 Å². The molecule has 1 fully saturated rings. The SMILES string of the molecule is CC(=O)NC(Cc1cc(F)cc(F)c1)C(O)CNC1(c2cccc(C(C)(C)C)c2)CCNCC1. The van der Waals surface area contributed by atoms with Crippen LogP contribution in [0.4, 0.5) is 8.78 Å². The maximum atomic E-state index is 13.7. The fourth-order valence-electron chi connectivity index (χ4n) is 4.67. The maximum absolute atomic E-state index is 13.7. The van der Waals surface area contributed by atoms with E-state index in [1.54, 1.807) is 0 Å². The van der Waals surface area contributed by atoms with Crippen molar-refractivity contribution < 1.29 is 18.7 Å². The van der Waals surface area contributed by atoms with E-state index in [0.29, 0.717) is 5.56 Å². The third kappa shape index (κ3) is 6.84. The highest BCUT2D eigenvalue weighted by Gasteiger charge is 2.35. The summed E-state index contributed by atoms with van der Waals surface area (Å²) in [6.07, 6.45) is 0.874. The number of nitrogens with one attached hydrogen (secondary N) is 3. The number of rotatable bonds is 8. The van der Waals surface area contributed by atoms with Crippen LogP contribution in [0.5, 0.6) is 0 Å². The molecule has 0 saturated carbocycles. The fraction of sp³-hybridized carbons (Fsp3) is 0.519. The molecule has 34 heavy (non-hydrogen) atoms. The number of piperidine rings is 1. The molecular weight excluding hydrogens is 436 g/mol. The average molecular weight is 474 g/mol. The maximum Gasteiger partial charge on any atom is 0.217 e. The van der Waals surface area contributed by atoms with Crippen LogP contribution in [0.25, 0.3) is 0 Å². The summed E-state index contributed by atoms with van der Waals surface area (Å²) in [7, 11) is 0. The van der Waals surface area contributed by atoms with Gasteiger partial charge in [-0.1, -0.05) is 45.0 Å². The Labute approximate surface area is 201 Å². The Kier molecular flexibility index (Phi) is 8.44. The molecule has 186 valence electrons. The molecule has 0 radical (unpaired) electrons. The summed E-state index contributed by atoms with van der Waals surface area (Å²) in [5.41, 5.74) is 2.50. The lowest BCUT2D eigenvalue weighted by molar-refractivity contribution is -0.120. The van der Waals surface area contributed by atoms with Gasteiger partial charge in [-0.2, -0.15) is 0 Å². The molecule has 1 aliphatic rings. The van der Waals surface area contributed by atoms with Crippen molar-refractivity contribution in [1.82, 2.24) is 16.0 Å².